The van der Waals surface area contributed by atoms with Crippen LogP contribution < -0.4 is 0 Å². The third kappa shape index (κ3) is 2.07. The summed E-state index contributed by atoms with van der Waals surface area (Å²) in [5.74, 6) is -1.94. The number of fused-ring (bicyclic) bond motifs is 1. The molecule has 2 aliphatic rings. The lowest BCUT2D eigenvalue weighted by molar-refractivity contribution is -0.196. The van der Waals surface area contributed by atoms with Crippen molar-refractivity contribution in [3.05, 3.63) is 35.9 Å². The summed E-state index contributed by atoms with van der Waals surface area (Å²) in [6.07, 6.45) is -3.02. The second-order valence-corrected chi connectivity index (χ2v) is 4.93. The Hall–Kier alpha value is -1.92. The minimum atomic E-state index is -1.26. The molecule has 0 aromatic heterocycles. The zero-order valence-electron chi connectivity index (χ0n) is 10.8. The first-order valence-corrected chi connectivity index (χ1v) is 6.38. The summed E-state index contributed by atoms with van der Waals surface area (Å²) >= 11 is 0. The van der Waals surface area contributed by atoms with Gasteiger partial charge in [0, 0.05) is 0 Å². The number of ether oxygens (including phenoxy) is 3. The van der Waals surface area contributed by atoms with Crippen LogP contribution in [0.5, 0.6) is 0 Å². The van der Waals surface area contributed by atoms with Crippen LogP contribution in [0.25, 0.3) is 0 Å². The molecule has 0 saturated carbocycles. The molecule has 0 radical (unpaired) electrons. The molecule has 0 amide bonds. The molecule has 5 atom stereocenters. The number of rotatable bonds is 2. The lowest BCUT2D eigenvalue weighted by Gasteiger charge is -2.18. The molecule has 6 nitrogen and oxygen atoms in total. The van der Waals surface area contributed by atoms with Gasteiger partial charge in [-0.25, -0.2) is 4.79 Å². The monoisotopic (exact) mass is 278 g/mol. The van der Waals surface area contributed by atoms with Gasteiger partial charge in [-0.05, 0) is 12.1 Å². The molecule has 0 aliphatic carbocycles. The lowest BCUT2D eigenvalue weighted by atomic mass is 9.93. The van der Waals surface area contributed by atoms with E-state index in [-0.39, 0.29) is 0 Å². The van der Waals surface area contributed by atoms with Crippen molar-refractivity contribution in [3.63, 3.8) is 0 Å². The quantitative estimate of drug-likeness (QED) is 0.802. The summed E-state index contributed by atoms with van der Waals surface area (Å²) in [7, 11) is 0. The van der Waals surface area contributed by atoms with Gasteiger partial charge in [-0.15, -0.1) is 0 Å². The van der Waals surface area contributed by atoms with E-state index in [2.05, 4.69) is 0 Å². The largest absolute Gasteiger partial charge is 0.456 e. The number of hydrogen-bond acceptors (Lipinski definition) is 6. The number of aliphatic hydroxyl groups is 1. The molecule has 20 heavy (non-hydrogen) atoms. The van der Waals surface area contributed by atoms with Crippen molar-refractivity contribution >= 4 is 11.9 Å². The zero-order chi connectivity index (χ0) is 14.3. The van der Waals surface area contributed by atoms with E-state index in [1.807, 2.05) is 0 Å². The average Bonchev–Trinajstić information content (AvgIpc) is 2.90. The van der Waals surface area contributed by atoms with E-state index in [4.69, 9.17) is 14.2 Å². The SMILES string of the molecule is CC1C(=O)O[C@H]2C(O)O[C@@H](OC(=O)c3ccccc3)[C@H]12. The van der Waals surface area contributed by atoms with Crippen molar-refractivity contribution in [1.82, 2.24) is 0 Å². The zero-order valence-corrected chi connectivity index (χ0v) is 10.8. The molecular weight excluding hydrogens is 264 g/mol. The molecule has 1 aromatic carbocycles. The van der Waals surface area contributed by atoms with Gasteiger partial charge in [-0.2, -0.15) is 0 Å². The Labute approximate surface area is 115 Å². The summed E-state index contributed by atoms with van der Waals surface area (Å²) in [6, 6.07) is 8.45. The van der Waals surface area contributed by atoms with E-state index in [1.54, 1.807) is 37.3 Å². The fourth-order valence-corrected chi connectivity index (χ4v) is 2.56. The molecule has 6 heteroatoms. The van der Waals surface area contributed by atoms with Crippen molar-refractivity contribution in [3.8, 4) is 0 Å². The highest BCUT2D eigenvalue weighted by Crippen LogP contribution is 2.40. The summed E-state index contributed by atoms with van der Waals surface area (Å²) in [4.78, 5) is 23.5. The van der Waals surface area contributed by atoms with Crippen molar-refractivity contribution < 1.29 is 28.9 Å². The number of benzene rings is 1. The third-order valence-electron chi connectivity index (χ3n) is 3.68. The van der Waals surface area contributed by atoms with Crippen LogP contribution in [0.1, 0.15) is 17.3 Å². The van der Waals surface area contributed by atoms with Crippen LogP contribution in [0, 0.1) is 11.8 Å². The molecule has 2 heterocycles. The van der Waals surface area contributed by atoms with Gasteiger partial charge in [0.15, 0.2) is 12.4 Å². The van der Waals surface area contributed by atoms with E-state index in [1.165, 1.54) is 0 Å². The van der Waals surface area contributed by atoms with Crippen LogP contribution in [0.3, 0.4) is 0 Å². The topological polar surface area (TPSA) is 82.1 Å². The van der Waals surface area contributed by atoms with E-state index < -0.39 is 42.5 Å². The van der Waals surface area contributed by atoms with Gasteiger partial charge < -0.3 is 19.3 Å². The highest BCUT2D eigenvalue weighted by molar-refractivity contribution is 5.89. The second kappa shape index (κ2) is 4.88. The van der Waals surface area contributed by atoms with Crippen LogP contribution in [-0.2, 0) is 19.0 Å². The Morgan fingerprint density at radius 2 is 2.00 bits per heavy atom. The Balaban J connectivity index is 1.75. The fourth-order valence-electron chi connectivity index (χ4n) is 2.56. The van der Waals surface area contributed by atoms with E-state index in [0.29, 0.717) is 5.56 Å². The highest BCUT2D eigenvalue weighted by Gasteiger charge is 2.57. The van der Waals surface area contributed by atoms with Crippen LogP contribution in [0.4, 0.5) is 0 Å². The van der Waals surface area contributed by atoms with E-state index in [9.17, 15) is 14.7 Å². The maximum Gasteiger partial charge on any atom is 0.340 e. The molecule has 0 bridgehead atoms. The van der Waals surface area contributed by atoms with Crippen molar-refractivity contribution in [2.75, 3.05) is 0 Å². The van der Waals surface area contributed by atoms with Gasteiger partial charge in [-0.3, -0.25) is 4.79 Å². The molecule has 3 rings (SSSR count). The molecule has 0 spiro atoms. The lowest BCUT2D eigenvalue weighted by Crippen LogP contribution is -2.30. The highest BCUT2D eigenvalue weighted by atomic mass is 16.8. The van der Waals surface area contributed by atoms with Crippen LogP contribution in [0.2, 0.25) is 0 Å². The summed E-state index contributed by atoms with van der Waals surface area (Å²) in [5.41, 5.74) is 0.381. The summed E-state index contributed by atoms with van der Waals surface area (Å²) in [6.45, 7) is 1.66. The normalized spacial score (nSPS) is 35.5. The van der Waals surface area contributed by atoms with Crippen LogP contribution in [0.15, 0.2) is 30.3 Å². The first kappa shape index (κ1) is 13.1. The third-order valence-corrected chi connectivity index (χ3v) is 3.68. The van der Waals surface area contributed by atoms with E-state index in [0.717, 1.165) is 0 Å². The maximum absolute atomic E-state index is 12.0. The van der Waals surface area contributed by atoms with Gasteiger partial charge in [0.05, 0.1) is 17.4 Å². The van der Waals surface area contributed by atoms with Gasteiger partial charge in [0.25, 0.3) is 0 Å². The first-order valence-electron chi connectivity index (χ1n) is 6.38. The fraction of sp³-hybridized carbons (Fsp3) is 0.429. The van der Waals surface area contributed by atoms with Crippen molar-refractivity contribution in [1.29, 1.82) is 0 Å². The molecule has 1 aromatic rings. The number of esters is 2. The summed E-state index contributed by atoms with van der Waals surface area (Å²) < 4.78 is 15.4. The first-order chi connectivity index (χ1) is 9.58. The minimum absolute atomic E-state index is 0.381. The molecule has 2 saturated heterocycles. The smallest absolute Gasteiger partial charge is 0.340 e. The summed E-state index contributed by atoms with van der Waals surface area (Å²) in [5, 5.41) is 9.70. The molecule has 106 valence electrons. The minimum Gasteiger partial charge on any atom is -0.456 e. The molecule has 2 aliphatic heterocycles. The predicted molar refractivity (Wildman–Crippen MR) is 65.3 cm³/mol. The van der Waals surface area contributed by atoms with Crippen LogP contribution in [-0.4, -0.2) is 35.7 Å². The molecule has 1 N–H and O–H groups in total. The molecule has 2 unspecified atom stereocenters. The number of aliphatic hydroxyl groups excluding tert-OH is 1. The van der Waals surface area contributed by atoms with Gasteiger partial charge in [0.1, 0.15) is 0 Å². The maximum atomic E-state index is 12.0. The number of carbonyl (C=O) groups excluding carboxylic acids is 2. The second-order valence-electron chi connectivity index (χ2n) is 4.93. The average molecular weight is 278 g/mol. The van der Waals surface area contributed by atoms with Crippen molar-refractivity contribution in [2.45, 2.75) is 25.6 Å². The molecular formula is C14H14O6. The standard InChI is InChI=1S/C14H14O6/c1-7-9-10(18-11(7)15)13(17)20-14(9)19-12(16)8-5-3-2-4-6-8/h2-7,9-10,13-14,17H,1H3/t7?,9-,10-,13?,14-/m1/s1. The Morgan fingerprint density at radius 3 is 2.70 bits per heavy atom. The van der Waals surface area contributed by atoms with Gasteiger partial charge >= 0.3 is 11.9 Å². The van der Waals surface area contributed by atoms with Gasteiger partial charge in [-0.1, -0.05) is 25.1 Å². The Morgan fingerprint density at radius 1 is 1.30 bits per heavy atom. The molecule has 2 fully saturated rings. The Bertz CT molecular complexity index is 528. The van der Waals surface area contributed by atoms with Crippen LogP contribution >= 0.6 is 0 Å². The van der Waals surface area contributed by atoms with Crippen molar-refractivity contribution in [2.24, 2.45) is 11.8 Å². The van der Waals surface area contributed by atoms with E-state index >= 15 is 0 Å². The van der Waals surface area contributed by atoms with Gasteiger partial charge in [0.2, 0.25) is 6.29 Å². The Kier molecular flexibility index (Phi) is 3.19. The number of carbonyl (C=O) groups is 2. The number of hydrogen-bond donors (Lipinski definition) is 1. The predicted octanol–water partition coefficient (Wildman–Crippen LogP) is 0.696.